The summed E-state index contributed by atoms with van der Waals surface area (Å²) in [6, 6.07) is 14.8. The molecule has 3 N–H and O–H groups in total. The molecule has 0 unspecified atom stereocenters. The van der Waals surface area contributed by atoms with Gasteiger partial charge in [0.05, 0.1) is 5.75 Å². The summed E-state index contributed by atoms with van der Waals surface area (Å²) in [6.45, 7) is 4.50. The average molecular weight is 424 g/mol. The lowest BCUT2D eigenvalue weighted by Gasteiger charge is -2.34. The molecule has 0 bridgehead atoms. The van der Waals surface area contributed by atoms with Crippen LogP contribution in [0.1, 0.15) is 44.5 Å². The van der Waals surface area contributed by atoms with Gasteiger partial charge < -0.3 is 11.2 Å². The van der Waals surface area contributed by atoms with Gasteiger partial charge in [-0.3, -0.25) is 4.79 Å². The standard InChI is InChI=1S/C23H29N5OS/c1-15-7-5-12-20(16(15)2)25-22(29)14-30-23-27-26-21(28(23)24)13-18-10-6-9-17-8-3-4-11-19(17)18/h3-4,6,8-11,15-16,20H,5,7,12-14,24H2,1-2H3,(H,25,29)/t15-,16+,20+/m1/s1. The van der Waals surface area contributed by atoms with Crippen LogP contribution in [0.5, 0.6) is 0 Å². The van der Waals surface area contributed by atoms with Gasteiger partial charge >= 0.3 is 0 Å². The number of rotatable bonds is 6. The smallest absolute Gasteiger partial charge is 0.230 e. The Balaban J connectivity index is 1.38. The summed E-state index contributed by atoms with van der Waals surface area (Å²) >= 11 is 1.33. The van der Waals surface area contributed by atoms with Crippen molar-refractivity contribution in [2.75, 3.05) is 11.6 Å². The maximum Gasteiger partial charge on any atom is 0.230 e. The molecule has 1 aliphatic rings. The second kappa shape index (κ2) is 9.08. The van der Waals surface area contributed by atoms with Gasteiger partial charge in [-0.25, -0.2) is 4.68 Å². The molecule has 3 atom stereocenters. The molecule has 0 radical (unpaired) electrons. The minimum Gasteiger partial charge on any atom is -0.352 e. The van der Waals surface area contributed by atoms with Crippen LogP contribution in [0, 0.1) is 11.8 Å². The molecule has 0 saturated heterocycles. The van der Waals surface area contributed by atoms with Gasteiger partial charge in [0.15, 0.2) is 5.82 Å². The van der Waals surface area contributed by atoms with Gasteiger partial charge in [-0.2, -0.15) is 0 Å². The van der Waals surface area contributed by atoms with Crippen molar-refractivity contribution in [2.45, 2.75) is 50.7 Å². The van der Waals surface area contributed by atoms with E-state index in [2.05, 4.69) is 53.6 Å². The second-order valence-corrected chi connectivity index (χ2v) is 9.26. The number of nitrogens with zero attached hydrogens (tertiary/aromatic N) is 3. The zero-order valence-electron chi connectivity index (χ0n) is 17.5. The fraction of sp³-hybridized carbons (Fsp3) is 0.435. The molecule has 1 aliphatic carbocycles. The van der Waals surface area contributed by atoms with Crippen molar-refractivity contribution >= 4 is 28.4 Å². The molecule has 1 fully saturated rings. The predicted octanol–water partition coefficient (Wildman–Crippen LogP) is 3.77. The summed E-state index contributed by atoms with van der Waals surface area (Å²) in [6.07, 6.45) is 4.08. The SMILES string of the molecule is C[C@H]1[C@H](C)CCC[C@@H]1NC(=O)CSc1nnc(Cc2cccc3ccccc23)n1N. The van der Waals surface area contributed by atoms with Crippen molar-refractivity contribution in [3.8, 4) is 0 Å². The van der Waals surface area contributed by atoms with Crippen LogP contribution in [0.3, 0.4) is 0 Å². The molecule has 30 heavy (non-hydrogen) atoms. The normalized spacial score (nSPS) is 21.6. The minimum atomic E-state index is 0.0320. The number of nitrogens with two attached hydrogens (primary N) is 1. The molecule has 0 spiro atoms. The number of carbonyl (C=O) groups excluding carboxylic acids is 1. The largest absolute Gasteiger partial charge is 0.352 e. The zero-order chi connectivity index (χ0) is 21.1. The molecule has 1 heterocycles. The molecule has 158 valence electrons. The van der Waals surface area contributed by atoms with Crippen molar-refractivity contribution in [2.24, 2.45) is 11.8 Å². The van der Waals surface area contributed by atoms with E-state index in [1.807, 2.05) is 18.2 Å². The molecular formula is C23H29N5OS. The summed E-state index contributed by atoms with van der Waals surface area (Å²) < 4.78 is 1.50. The van der Waals surface area contributed by atoms with Crippen molar-refractivity contribution in [3.63, 3.8) is 0 Å². The van der Waals surface area contributed by atoms with Gasteiger partial charge in [-0.05, 0) is 34.6 Å². The highest BCUT2D eigenvalue weighted by molar-refractivity contribution is 7.99. The number of aromatic nitrogens is 3. The number of nitrogens with one attached hydrogen (secondary N) is 1. The Morgan fingerprint density at radius 3 is 2.83 bits per heavy atom. The van der Waals surface area contributed by atoms with Crippen LogP contribution in [0.4, 0.5) is 0 Å². The highest BCUT2D eigenvalue weighted by Gasteiger charge is 2.28. The Kier molecular flexibility index (Phi) is 6.27. The molecule has 0 aliphatic heterocycles. The van der Waals surface area contributed by atoms with Gasteiger partial charge in [0.2, 0.25) is 11.1 Å². The van der Waals surface area contributed by atoms with Gasteiger partial charge in [-0.15, -0.1) is 10.2 Å². The zero-order valence-corrected chi connectivity index (χ0v) is 18.4. The van der Waals surface area contributed by atoms with E-state index >= 15 is 0 Å². The Hall–Kier alpha value is -2.54. The summed E-state index contributed by atoms with van der Waals surface area (Å²) in [5.41, 5.74) is 1.15. The van der Waals surface area contributed by atoms with E-state index in [1.165, 1.54) is 40.1 Å². The van der Waals surface area contributed by atoms with E-state index in [0.29, 0.717) is 35.0 Å². The first kappa shape index (κ1) is 20.7. The number of amides is 1. The Morgan fingerprint density at radius 2 is 1.97 bits per heavy atom. The Labute approximate surface area is 181 Å². The summed E-state index contributed by atoms with van der Waals surface area (Å²) in [7, 11) is 0. The minimum absolute atomic E-state index is 0.0320. The van der Waals surface area contributed by atoms with Crippen LogP contribution >= 0.6 is 11.8 Å². The van der Waals surface area contributed by atoms with Gasteiger partial charge in [0, 0.05) is 12.5 Å². The summed E-state index contributed by atoms with van der Waals surface area (Å²) in [4.78, 5) is 12.5. The van der Waals surface area contributed by atoms with Crippen molar-refractivity contribution in [1.29, 1.82) is 0 Å². The molecule has 2 aromatic carbocycles. The van der Waals surface area contributed by atoms with E-state index < -0.39 is 0 Å². The monoisotopic (exact) mass is 423 g/mol. The van der Waals surface area contributed by atoms with E-state index in [-0.39, 0.29) is 11.9 Å². The highest BCUT2D eigenvalue weighted by atomic mass is 32.2. The lowest BCUT2D eigenvalue weighted by Crippen LogP contribution is -2.44. The van der Waals surface area contributed by atoms with Crippen LogP contribution in [0.2, 0.25) is 0 Å². The quantitative estimate of drug-likeness (QED) is 0.466. The third-order valence-corrected chi connectivity index (χ3v) is 7.29. The van der Waals surface area contributed by atoms with Crippen molar-refractivity contribution < 1.29 is 4.79 Å². The van der Waals surface area contributed by atoms with E-state index in [4.69, 9.17) is 5.84 Å². The van der Waals surface area contributed by atoms with Gasteiger partial charge in [0.25, 0.3) is 0 Å². The van der Waals surface area contributed by atoms with E-state index in [0.717, 1.165) is 12.0 Å². The average Bonchev–Trinajstić information content (AvgIpc) is 3.09. The number of hydrogen-bond donors (Lipinski definition) is 2. The number of carbonyl (C=O) groups is 1. The lowest BCUT2D eigenvalue weighted by molar-refractivity contribution is -0.120. The Morgan fingerprint density at radius 1 is 1.17 bits per heavy atom. The Bertz CT molecular complexity index is 1030. The first-order chi connectivity index (χ1) is 14.5. The van der Waals surface area contributed by atoms with Crippen LogP contribution in [0.25, 0.3) is 10.8 Å². The highest BCUT2D eigenvalue weighted by Crippen LogP contribution is 2.29. The van der Waals surface area contributed by atoms with Crippen LogP contribution in [0.15, 0.2) is 47.6 Å². The molecule has 1 amide bonds. The topological polar surface area (TPSA) is 85.8 Å². The predicted molar refractivity (Wildman–Crippen MR) is 122 cm³/mol. The summed E-state index contributed by atoms with van der Waals surface area (Å²) in [5.74, 6) is 8.42. The molecule has 3 aromatic rings. The van der Waals surface area contributed by atoms with Gasteiger partial charge in [0.1, 0.15) is 0 Å². The molecule has 1 saturated carbocycles. The number of hydrogen-bond acceptors (Lipinski definition) is 5. The van der Waals surface area contributed by atoms with Crippen molar-refractivity contribution in [3.05, 3.63) is 53.9 Å². The van der Waals surface area contributed by atoms with Crippen LogP contribution in [-0.2, 0) is 11.2 Å². The molecule has 6 nitrogen and oxygen atoms in total. The maximum absolute atomic E-state index is 12.5. The van der Waals surface area contributed by atoms with E-state index in [1.54, 1.807) is 0 Å². The number of nitrogen functional groups attached to an aromatic ring is 1. The third-order valence-electron chi connectivity index (χ3n) is 6.35. The lowest BCUT2D eigenvalue weighted by atomic mass is 9.78. The molecular weight excluding hydrogens is 394 g/mol. The van der Waals surface area contributed by atoms with Crippen LogP contribution in [-0.4, -0.2) is 32.6 Å². The fourth-order valence-electron chi connectivity index (χ4n) is 4.31. The second-order valence-electron chi connectivity index (χ2n) is 8.31. The first-order valence-corrected chi connectivity index (χ1v) is 11.6. The first-order valence-electron chi connectivity index (χ1n) is 10.6. The number of benzene rings is 2. The number of thioether (sulfide) groups is 1. The summed E-state index contributed by atoms with van der Waals surface area (Å²) in [5, 5.41) is 14.6. The van der Waals surface area contributed by atoms with Crippen molar-refractivity contribution in [1.82, 2.24) is 20.2 Å². The fourth-order valence-corrected chi connectivity index (χ4v) is 4.99. The van der Waals surface area contributed by atoms with Gasteiger partial charge in [-0.1, -0.05) is 80.9 Å². The molecule has 4 rings (SSSR count). The third kappa shape index (κ3) is 4.46. The van der Waals surface area contributed by atoms with E-state index in [9.17, 15) is 4.79 Å². The molecule has 7 heteroatoms. The number of fused-ring (bicyclic) bond motifs is 1. The maximum atomic E-state index is 12.5. The van der Waals surface area contributed by atoms with Crippen LogP contribution < -0.4 is 11.2 Å². The molecule has 1 aromatic heterocycles.